The predicted octanol–water partition coefficient (Wildman–Crippen LogP) is 3.06. The lowest BCUT2D eigenvalue weighted by atomic mass is 10.1. The Labute approximate surface area is 185 Å². The number of nitrogens with zero attached hydrogens (tertiary/aromatic N) is 3. The van der Waals surface area contributed by atoms with Gasteiger partial charge in [0, 0.05) is 41.4 Å². The fourth-order valence-corrected chi connectivity index (χ4v) is 3.66. The first-order valence-electron chi connectivity index (χ1n) is 10.8. The predicted molar refractivity (Wildman–Crippen MR) is 122 cm³/mol. The van der Waals surface area contributed by atoms with Crippen LogP contribution in [0.25, 0.3) is 11.7 Å². The second kappa shape index (κ2) is 8.16. The number of rotatable bonds is 7. The molecular weight excluding hydrogens is 408 g/mol. The van der Waals surface area contributed by atoms with Crippen LogP contribution in [-0.2, 0) is 4.79 Å². The van der Waals surface area contributed by atoms with Crippen LogP contribution in [0, 0.1) is 0 Å². The SMILES string of the molecule is CC(C)Oc1cccc(Nc2cc(NC3CC3)n3ncc(C=C4CC(O)NC4=O)c3n2)c1. The minimum absolute atomic E-state index is 0.0859. The molecule has 2 aromatic heterocycles. The van der Waals surface area contributed by atoms with E-state index in [4.69, 9.17) is 9.72 Å². The Kier molecular flexibility index (Phi) is 5.18. The fraction of sp³-hybridized carbons (Fsp3) is 0.348. The number of nitrogens with one attached hydrogen (secondary N) is 3. The molecule has 9 nitrogen and oxygen atoms in total. The molecule has 1 unspecified atom stereocenters. The van der Waals surface area contributed by atoms with Crippen molar-refractivity contribution < 1.29 is 14.6 Å². The third-order valence-corrected chi connectivity index (χ3v) is 5.24. The summed E-state index contributed by atoms with van der Waals surface area (Å²) in [6.45, 7) is 3.98. The van der Waals surface area contributed by atoms with Gasteiger partial charge < -0.3 is 25.8 Å². The van der Waals surface area contributed by atoms with Gasteiger partial charge in [0.2, 0.25) is 5.91 Å². The number of aliphatic hydroxyl groups is 1. The normalized spacial score (nSPS) is 19.6. The average molecular weight is 435 g/mol. The van der Waals surface area contributed by atoms with Crippen molar-refractivity contribution in [3.63, 3.8) is 0 Å². The number of fused-ring (bicyclic) bond motifs is 1. The van der Waals surface area contributed by atoms with Gasteiger partial charge in [0.15, 0.2) is 5.65 Å². The number of ether oxygens (including phenoxy) is 1. The van der Waals surface area contributed by atoms with Crippen molar-refractivity contribution in [2.45, 2.75) is 51.5 Å². The number of hydrogen-bond donors (Lipinski definition) is 4. The highest BCUT2D eigenvalue weighted by Crippen LogP contribution is 2.29. The van der Waals surface area contributed by atoms with E-state index in [2.05, 4.69) is 21.0 Å². The van der Waals surface area contributed by atoms with Crippen LogP contribution in [0.4, 0.5) is 17.3 Å². The van der Waals surface area contributed by atoms with Gasteiger partial charge in [-0.25, -0.2) is 4.98 Å². The van der Waals surface area contributed by atoms with E-state index in [0.29, 0.717) is 28.6 Å². The van der Waals surface area contributed by atoms with Gasteiger partial charge in [-0.1, -0.05) is 6.07 Å². The Balaban J connectivity index is 1.51. The minimum atomic E-state index is -0.854. The van der Waals surface area contributed by atoms with Crippen LogP contribution < -0.4 is 20.7 Å². The molecule has 3 aromatic rings. The molecule has 1 amide bonds. The van der Waals surface area contributed by atoms with Crippen molar-refractivity contribution in [2.75, 3.05) is 10.6 Å². The highest BCUT2D eigenvalue weighted by atomic mass is 16.5. The summed E-state index contributed by atoms with van der Waals surface area (Å²) in [7, 11) is 0. The van der Waals surface area contributed by atoms with E-state index < -0.39 is 6.23 Å². The maximum absolute atomic E-state index is 12.1. The molecule has 1 saturated carbocycles. The van der Waals surface area contributed by atoms with Crippen molar-refractivity contribution in [3.8, 4) is 5.75 Å². The van der Waals surface area contributed by atoms with Gasteiger partial charge in [-0.15, -0.1) is 0 Å². The topological polar surface area (TPSA) is 113 Å². The third kappa shape index (κ3) is 4.38. The van der Waals surface area contributed by atoms with Crippen LogP contribution in [0.1, 0.15) is 38.7 Å². The van der Waals surface area contributed by atoms with Crippen molar-refractivity contribution in [3.05, 3.63) is 47.7 Å². The summed E-state index contributed by atoms with van der Waals surface area (Å²) >= 11 is 0. The molecule has 2 fully saturated rings. The number of carbonyl (C=O) groups excluding carboxylic acids is 1. The number of hydrogen-bond acceptors (Lipinski definition) is 7. The highest BCUT2D eigenvalue weighted by Gasteiger charge is 2.26. The van der Waals surface area contributed by atoms with Gasteiger partial charge in [0.1, 0.15) is 23.6 Å². The molecule has 0 bridgehead atoms. The van der Waals surface area contributed by atoms with Crippen LogP contribution in [-0.4, -0.2) is 44.0 Å². The molecule has 9 heteroatoms. The number of aromatic nitrogens is 3. The summed E-state index contributed by atoms with van der Waals surface area (Å²) < 4.78 is 7.54. The van der Waals surface area contributed by atoms with Gasteiger partial charge in [0.05, 0.1) is 12.3 Å². The second-order valence-electron chi connectivity index (χ2n) is 8.46. The number of aliphatic hydroxyl groups excluding tert-OH is 1. The first-order chi connectivity index (χ1) is 15.4. The summed E-state index contributed by atoms with van der Waals surface area (Å²) in [6, 6.07) is 10.1. The third-order valence-electron chi connectivity index (χ3n) is 5.24. The van der Waals surface area contributed by atoms with E-state index in [0.717, 1.165) is 30.1 Å². The molecule has 1 aliphatic carbocycles. The average Bonchev–Trinajstić information content (AvgIpc) is 3.36. The molecule has 1 aromatic carbocycles. The molecule has 166 valence electrons. The van der Waals surface area contributed by atoms with E-state index in [9.17, 15) is 9.90 Å². The zero-order valence-corrected chi connectivity index (χ0v) is 18.0. The van der Waals surface area contributed by atoms with Gasteiger partial charge in [-0.2, -0.15) is 9.61 Å². The lowest BCUT2D eigenvalue weighted by Gasteiger charge is -2.13. The van der Waals surface area contributed by atoms with Crippen LogP contribution in [0.15, 0.2) is 42.1 Å². The number of benzene rings is 1. The Morgan fingerprint density at radius 2 is 2.16 bits per heavy atom. The van der Waals surface area contributed by atoms with Gasteiger partial charge in [0.25, 0.3) is 0 Å². The molecule has 1 atom stereocenters. The first kappa shape index (κ1) is 20.3. The lowest BCUT2D eigenvalue weighted by molar-refractivity contribution is -0.117. The molecule has 3 heterocycles. The first-order valence-corrected chi connectivity index (χ1v) is 10.8. The zero-order chi connectivity index (χ0) is 22.2. The van der Waals surface area contributed by atoms with E-state index in [1.54, 1.807) is 16.8 Å². The summed E-state index contributed by atoms with van der Waals surface area (Å²) in [5.74, 6) is 1.99. The zero-order valence-electron chi connectivity index (χ0n) is 18.0. The molecule has 0 spiro atoms. The van der Waals surface area contributed by atoms with Crippen LogP contribution in [0.5, 0.6) is 5.75 Å². The molecule has 0 radical (unpaired) electrons. The molecule has 2 aliphatic rings. The van der Waals surface area contributed by atoms with Crippen molar-refractivity contribution >= 4 is 35.0 Å². The van der Waals surface area contributed by atoms with E-state index in [1.165, 1.54) is 0 Å². The largest absolute Gasteiger partial charge is 0.491 e. The summed E-state index contributed by atoms with van der Waals surface area (Å²) in [5, 5.41) is 23.6. The Hall–Kier alpha value is -3.59. The van der Waals surface area contributed by atoms with E-state index in [-0.39, 0.29) is 18.4 Å². The van der Waals surface area contributed by atoms with Crippen molar-refractivity contribution in [2.24, 2.45) is 0 Å². The number of anilines is 3. The van der Waals surface area contributed by atoms with Crippen molar-refractivity contribution in [1.82, 2.24) is 19.9 Å². The molecular formula is C23H26N6O3. The highest BCUT2D eigenvalue weighted by molar-refractivity contribution is 6.00. The summed E-state index contributed by atoms with van der Waals surface area (Å²) in [5.41, 5.74) is 2.69. The minimum Gasteiger partial charge on any atom is -0.491 e. The molecule has 4 N–H and O–H groups in total. The fourth-order valence-electron chi connectivity index (χ4n) is 3.66. The monoisotopic (exact) mass is 434 g/mol. The van der Waals surface area contributed by atoms with Gasteiger partial charge in [-0.05, 0) is 44.9 Å². The van der Waals surface area contributed by atoms with E-state index in [1.807, 2.05) is 44.2 Å². The Morgan fingerprint density at radius 3 is 2.88 bits per heavy atom. The van der Waals surface area contributed by atoms with Crippen molar-refractivity contribution in [1.29, 1.82) is 0 Å². The van der Waals surface area contributed by atoms with Gasteiger partial charge in [-0.3, -0.25) is 4.79 Å². The number of carbonyl (C=O) groups is 1. The Bertz CT molecular complexity index is 1200. The number of amides is 1. The molecule has 5 rings (SSSR count). The van der Waals surface area contributed by atoms with Crippen LogP contribution in [0.3, 0.4) is 0 Å². The molecule has 1 saturated heterocycles. The van der Waals surface area contributed by atoms with E-state index >= 15 is 0 Å². The summed E-state index contributed by atoms with van der Waals surface area (Å²) in [4.78, 5) is 16.8. The molecule has 1 aliphatic heterocycles. The lowest BCUT2D eigenvalue weighted by Crippen LogP contribution is -2.24. The molecule has 32 heavy (non-hydrogen) atoms. The van der Waals surface area contributed by atoms with Crippen LogP contribution >= 0.6 is 0 Å². The standard InChI is InChI=1S/C23H26N6O3/c1-13(2)32-18-5-3-4-17(10-18)25-19-11-20(26-16-6-7-16)29-22(27-19)15(12-24-29)8-14-9-21(30)28-23(14)31/h3-5,8,10-13,16,21,26,30H,6-7,9H2,1-2H3,(H,25,27)(H,28,31). The smallest absolute Gasteiger partial charge is 0.249 e. The van der Waals surface area contributed by atoms with Crippen LogP contribution in [0.2, 0.25) is 0 Å². The summed E-state index contributed by atoms with van der Waals surface area (Å²) in [6.07, 6.45) is 5.16. The maximum atomic E-state index is 12.1. The second-order valence-corrected chi connectivity index (χ2v) is 8.46. The quantitative estimate of drug-likeness (QED) is 0.423. The van der Waals surface area contributed by atoms with Gasteiger partial charge >= 0.3 is 0 Å². The Morgan fingerprint density at radius 1 is 1.31 bits per heavy atom. The maximum Gasteiger partial charge on any atom is 0.249 e.